The fourth-order valence-electron chi connectivity index (χ4n) is 2.99. The Morgan fingerprint density at radius 1 is 1.18 bits per heavy atom. The molecule has 0 bridgehead atoms. The topological polar surface area (TPSA) is 87.8 Å². The number of rotatable bonds is 3. The van der Waals surface area contributed by atoms with E-state index in [1.807, 2.05) is 51.1 Å². The van der Waals surface area contributed by atoms with E-state index in [1.54, 1.807) is 22.2 Å². The fourth-order valence-corrected chi connectivity index (χ4v) is 2.99. The normalized spacial score (nSPS) is 17.3. The summed E-state index contributed by atoms with van der Waals surface area (Å²) < 4.78 is 10.9. The van der Waals surface area contributed by atoms with Gasteiger partial charge in [-0.05, 0) is 26.3 Å². The number of nitrogens with zero attached hydrogens (tertiary/aromatic N) is 3. The lowest BCUT2D eigenvalue weighted by molar-refractivity contribution is -0.000136. The summed E-state index contributed by atoms with van der Waals surface area (Å²) in [6.45, 7) is 6.65. The van der Waals surface area contributed by atoms with Crippen molar-refractivity contribution < 1.29 is 19.1 Å². The highest BCUT2D eigenvalue weighted by Crippen LogP contribution is 2.25. The van der Waals surface area contributed by atoms with Crippen LogP contribution in [0.1, 0.15) is 38.2 Å². The predicted molar refractivity (Wildman–Crippen MR) is 102 cm³/mol. The molecule has 3 rings (SSSR count). The third-order valence-corrected chi connectivity index (χ3v) is 4.31. The largest absolute Gasteiger partial charge is 0.445 e. The van der Waals surface area contributed by atoms with Crippen LogP contribution < -0.4 is 0 Å². The highest BCUT2D eigenvalue weighted by molar-refractivity contribution is 5.71. The number of piperazine rings is 1. The van der Waals surface area contributed by atoms with Gasteiger partial charge in [-0.2, -0.15) is 0 Å². The second kappa shape index (κ2) is 8.33. The Morgan fingerprint density at radius 2 is 1.93 bits per heavy atom. The molecule has 2 amide bonds. The van der Waals surface area contributed by atoms with Crippen molar-refractivity contribution in [3.05, 3.63) is 54.1 Å². The summed E-state index contributed by atoms with van der Waals surface area (Å²) in [5, 5.41) is 0. The number of H-pyrrole nitrogens is 1. The van der Waals surface area contributed by atoms with Crippen LogP contribution in [0, 0.1) is 0 Å². The molecule has 1 aliphatic rings. The lowest BCUT2D eigenvalue weighted by atomic mass is 10.1. The van der Waals surface area contributed by atoms with E-state index in [2.05, 4.69) is 9.97 Å². The van der Waals surface area contributed by atoms with Crippen molar-refractivity contribution in [1.29, 1.82) is 0 Å². The Balaban J connectivity index is 1.69. The van der Waals surface area contributed by atoms with Gasteiger partial charge in [-0.15, -0.1) is 0 Å². The van der Waals surface area contributed by atoms with Gasteiger partial charge in [0.2, 0.25) is 0 Å². The first-order valence-electron chi connectivity index (χ1n) is 9.28. The van der Waals surface area contributed by atoms with Gasteiger partial charge in [0, 0.05) is 25.5 Å². The lowest BCUT2D eigenvalue weighted by Gasteiger charge is -2.40. The molecule has 1 aromatic heterocycles. The summed E-state index contributed by atoms with van der Waals surface area (Å²) in [5.74, 6) is 0.602. The smallest absolute Gasteiger partial charge is 0.410 e. The minimum Gasteiger partial charge on any atom is -0.445 e. The number of carbonyl (C=O) groups excluding carboxylic acids is 2. The highest BCUT2D eigenvalue weighted by atomic mass is 16.6. The Labute approximate surface area is 164 Å². The number of aromatic nitrogens is 2. The van der Waals surface area contributed by atoms with Crippen LogP contribution in [0.5, 0.6) is 0 Å². The number of benzene rings is 1. The maximum atomic E-state index is 12.7. The predicted octanol–water partition coefficient (Wildman–Crippen LogP) is 3.34. The summed E-state index contributed by atoms with van der Waals surface area (Å²) in [7, 11) is 0. The van der Waals surface area contributed by atoms with Crippen LogP contribution in [0.15, 0.2) is 42.7 Å². The number of aromatic amines is 1. The number of nitrogens with one attached hydrogen (secondary N) is 1. The molecule has 0 aliphatic carbocycles. The number of hydrogen-bond donors (Lipinski definition) is 1. The Hall–Kier alpha value is -3.03. The Kier molecular flexibility index (Phi) is 5.87. The van der Waals surface area contributed by atoms with E-state index < -0.39 is 23.8 Å². The first-order chi connectivity index (χ1) is 13.3. The molecule has 0 saturated carbocycles. The molecule has 2 aromatic rings. The van der Waals surface area contributed by atoms with E-state index in [4.69, 9.17) is 9.47 Å². The van der Waals surface area contributed by atoms with Gasteiger partial charge in [0.25, 0.3) is 0 Å². The van der Waals surface area contributed by atoms with E-state index in [0.717, 1.165) is 5.56 Å². The van der Waals surface area contributed by atoms with Crippen molar-refractivity contribution in [2.75, 3.05) is 19.6 Å². The zero-order valence-electron chi connectivity index (χ0n) is 16.4. The van der Waals surface area contributed by atoms with E-state index in [1.165, 1.54) is 0 Å². The molecule has 1 atom stereocenters. The monoisotopic (exact) mass is 386 g/mol. The number of ether oxygens (including phenoxy) is 2. The molecular formula is C20H26N4O4. The van der Waals surface area contributed by atoms with Crippen molar-refractivity contribution in [3.63, 3.8) is 0 Å². The van der Waals surface area contributed by atoms with Crippen molar-refractivity contribution in [2.45, 2.75) is 39.0 Å². The van der Waals surface area contributed by atoms with Crippen molar-refractivity contribution >= 4 is 12.2 Å². The van der Waals surface area contributed by atoms with Gasteiger partial charge < -0.3 is 19.4 Å². The first kappa shape index (κ1) is 19.7. The molecule has 0 unspecified atom stereocenters. The molecule has 2 heterocycles. The maximum Gasteiger partial charge on any atom is 0.410 e. The van der Waals surface area contributed by atoms with Crippen LogP contribution >= 0.6 is 0 Å². The van der Waals surface area contributed by atoms with E-state index >= 15 is 0 Å². The van der Waals surface area contributed by atoms with Gasteiger partial charge in [-0.3, -0.25) is 4.90 Å². The van der Waals surface area contributed by atoms with Crippen LogP contribution in [-0.2, 0) is 16.1 Å². The van der Waals surface area contributed by atoms with Crippen LogP contribution in [0.25, 0.3) is 0 Å². The molecule has 1 saturated heterocycles. The molecular weight excluding hydrogens is 360 g/mol. The van der Waals surface area contributed by atoms with E-state index in [-0.39, 0.29) is 13.2 Å². The van der Waals surface area contributed by atoms with E-state index in [9.17, 15) is 9.59 Å². The molecule has 8 heteroatoms. The van der Waals surface area contributed by atoms with Gasteiger partial charge >= 0.3 is 12.2 Å². The van der Waals surface area contributed by atoms with Gasteiger partial charge in [-0.25, -0.2) is 14.6 Å². The SMILES string of the molecule is CC(C)(C)OC(=O)N1CCN(C(=O)OCc2ccccc2)[C@H](c2ncc[nH]2)C1. The quantitative estimate of drug-likeness (QED) is 0.874. The Bertz CT molecular complexity index is 786. The average molecular weight is 386 g/mol. The number of amides is 2. The van der Waals surface area contributed by atoms with Gasteiger partial charge in [0.1, 0.15) is 24.1 Å². The first-order valence-corrected chi connectivity index (χ1v) is 9.28. The number of imidazole rings is 1. The molecule has 0 radical (unpaired) electrons. The zero-order chi connectivity index (χ0) is 20.1. The van der Waals surface area contributed by atoms with Gasteiger partial charge in [0.15, 0.2) is 0 Å². The summed E-state index contributed by atoms with van der Waals surface area (Å²) in [6, 6.07) is 9.08. The molecule has 0 spiro atoms. The van der Waals surface area contributed by atoms with Gasteiger partial charge in [-0.1, -0.05) is 30.3 Å². The summed E-state index contributed by atoms with van der Waals surface area (Å²) in [5.41, 5.74) is 0.334. The molecule has 1 aliphatic heterocycles. The average Bonchev–Trinajstić information content (AvgIpc) is 3.20. The van der Waals surface area contributed by atoms with Crippen LogP contribution in [0.2, 0.25) is 0 Å². The second-order valence-corrected chi connectivity index (χ2v) is 7.65. The maximum absolute atomic E-state index is 12.7. The lowest BCUT2D eigenvalue weighted by Crippen LogP contribution is -2.53. The summed E-state index contributed by atoms with van der Waals surface area (Å²) in [4.78, 5) is 35.7. The second-order valence-electron chi connectivity index (χ2n) is 7.65. The Morgan fingerprint density at radius 3 is 2.57 bits per heavy atom. The van der Waals surface area contributed by atoms with E-state index in [0.29, 0.717) is 18.9 Å². The zero-order valence-corrected chi connectivity index (χ0v) is 16.4. The minimum atomic E-state index is -0.580. The van der Waals surface area contributed by atoms with Crippen LogP contribution in [0.4, 0.5) is 9.59 Å². The van der Waals surface area contributed by atoms with Crippen molar-refractivity contribution in [3.8, 4) is 0 Å². The third kappa shape index (κ3) is 5.03. The van der Waals surface area contributed by atoms with Crippen LogP contribution in [-0.4, -0.2) is 57.2 Å². The molecule has 28 heavy (non-hydrogen) atoms. The molecule has 8 nitrogen and oxygen atoms in total. The highest BCUT2D eigenvalue weighted by Gasteiger charge is 2.37. The van der Waals surface area contributed by atoms with Crippen molar-refractivity contribution in [1.82, 2.24) is 19.8 Å². The van der Waals surface area contributed by atoms with Gasteiger partial charge in [0.05, 0.1) is 6.54 Å². The van der Waals surface area contributed by atoms with Crippen molar-refractivity contribution in [2.24, 2.45) is 0 Å². The molecule has 1 aromatic carbocycles. The summed E-state index contributed by atoms with van der Waals surface area (Å²) >= 11 is 0. The number of carbonyl (C=O) groups is 2. The summed E-state index contributed by atoms with van der Waals surface area (Å²) in [6.07, 6.45) is 2.47. The van der Waals surface area contributed by atoms with Crippen LogP contribution in [0.3, 0.4) is 0 Å². The molecule has 1 fully saturated rings. The fraction of sp³-hybridized carbons (Fsp3) is 0.450. The standard InChI is InChI=1S/C20H26N4O4/c1-20(2,3)28-18(25)23-11-12-24(16(13-23)17-21-9-10-22-17)19(26)27-14-15-7-5-4-6-8-15/h4-10,16H,11-14H2,1-3H3,(H,21,22)/t16-/m0/s1. The molecule has 1 N–H and O–H groups in total. The molecule has 150 valence electrons. The number of hydrogen-bond acceptors (Lipinski definition) is 5. The third-order valence-electron chi connectivity index (χ3n) is 4.31. The minimum absolute atomic E-state index is 0.191.